The third-order valence-corrected chi connectivity index (χ3v) is 3.38. The zero-order valence-electron chi connectivity index (χ0n) is 13.0. The average molecular weight is 364 g/mol. The first-order chi connectivity index (χ1) is 11.1. The molecule has 0 aromatic carbocycles. The van der Waals surface area contributed by atoms with Crippen molar-refractivity contribution >= 4 is 36.4 Å². The predicted octanol–water partition coefficient (Wildman–Crippen LogP) is -1.55. The monoisotopic (exact) mass is 364 g/mol. The van der Waals surface area contributed by atoms with Crippen molar-refractivity contribution in [2.24, 2.45) is 16.6 Å². The van der Waals surface area contributed by atoms with E-state index in [-0.39, 0.29) is 13.0 Å². The van der Waals surface area contributed by atoms with Gasteiger partial charge in [0.25, 0.3) is 5.91 Å². The van der Waals surface area contributed by atoms with Gasteiger partial charge in [-0.2, -0.15) is 12.6 Å². The van der Waals surface area contributed by atoms with Crippen LogP contribution >= 0.6 is 12.6 Å². The Balaban J connectivity index is 5.28. The van der Waals surface area contributed by atoms with Crippen molar-refractivity contribution in [1.29, 1.82) is 0 Å². The van der Waals surface area contributed by atoms with Gasteiger partial charge in [0.15, 0.2) is 0 Å². The molecule has 0 spiro atoms. The molecule has 0 aliphatic heterocycles. The number of esters is 1. The van der Waals surface area contributed by atoms with E-state index in [2.05, 4.69) is 22.5 Å². The van der Waals surface area contributed by atoms with Crippen LogP contribution in [0.1, 0.15) is 19.8 Å². The molecule has 0 aromatic heterocycles. The van der Waals surface area contributed by atoms with Crippen molar-refractivity contribution in [3.8, 4) is 0 Å². The molecule has 0 saturated heterocycles. The molecule has 0 unspecified atom stereocenters. The molecule has 0 aromatic rings. The normalized spacial score (nSPS) is 14.2. The van der Waals surface area contributed by atoms with Crippen molar-refractivity contribution in [3.63, 3.8) is 0 Å². The number of carboxylic acid groups (broad SMARTS) is 1. The summed E-state index contributed by atoms with van der Waals surface area (Å²) in [5, 5.41) is 11.1. The number of ether oxygens (including phenoxy) is 1. The summed E-state index contributed by atoms with van der Waals surface area (Å²) in [6.07, 6.45) is -0.742. The van der Waals surface area contributed by atoms with E-state index in [9.17, 15) is 24.1 Å². The van der Waals surface area contributed by atoms with E-state index in [1.807, 2.05) is 0 Å². The Hall–Kier alpha value is -2.05. The van der Waals surface area contributed by atoms with Gasteiger partial charge >= 0.3 is 11.9 Å². The minimum absolute atomic E-state index is 0.00517. The molecule has 136 valence electrons. The Morgan fingerprint density at radius 1 is 1.38 bits per heavy atom. The molecule has 11 nitrogen and oxygen atoms in total. The maximum absolute atomic E-state index is 12.3. The number of carbonyl (C=O) groups excluding carboxylic acids is 3. The molecule has 24 heavy (non-hydrogen) atoms. The molecule has 0 aliphatic carbocycles. The van der Waals surface area contributed by atoms with Crippen LogP contribution in [0, 0.1) is 4.91 Å². The summed E-state index contributed by atoms with van der Waals surface area (Å²) in [7, 11) is 0. The fourth-order valence-corrected chi connectivity index (χ4v) is 1.71. The van der Waals surface area contributed by atoms with E-state index in [0.29, 0.717) is 4.90 Å². The summed E-state index contributed by atoms with van der Waals surface area (Å²) in [6.45, 7) is 0.729. The lowest BCUT2D eigenvalue weighted by molar-refractivity contribution is -0.157. The Kier molecular flexibility index (Phi) is 9.10. The van der Waals surface area contributed by atoms with E-state index in [1.165, 1.54) is 6.92 Å². The standard InChI is InChI=1S/C12H20N4O7S/c1-2-23-9(18)5-16(11(21)12(14,6-24)15-22)8(17)4-3-7(13)10(19)20/h7,24H,2-6,13-14H2,1H3,(H,19,20)/t7-,12+/m0/s1. The minimum atomic E-state index is -2.35. The summed E-state index contributed by atoms with van der Waals surface area (Å²) in [6, 6.07) is -1.33. The maximum Gasteiger partial charge on any atom is 0.326 e. The number of aliphatic carboxylic acids is 1. The number of thiol groups is 1. The van der Waals surface area contributed by atoms with Gasteiger partial charge in [-0.05, 0) is 18.5 Å². The summed E-state index contributed by atoms with van der Waals surface area (Å²) in [4.78, 5) is 57.8. The third kappa shape index (κ3) is 6.22. The van der Waals surface area contributed by atoms with Gasteiger partial charge in [-0.15, -0.1) is 4.91 Å². The fourth-order valence-electron chi connectivity index (χ4n) is 1.52. The largest absolute Gasteiger partial charge is 0.480 e. The van der Waals surface area contributed by atoms with Crippen LogP contribution in [-0.2, 0) is 23.9 Å². The van der Waals surface area contributed by atoms with Crippen LogP contribution in [0.25, 0.3) is 0 Å². The smallest absolute Gasteiger partial charge is 0.326 e. The van der Waals surface area contributed by atoms with Crippen LogP contribution in [0.4, 0.5) is 0 Å². The molecule has 12 heteroatoms. The van der Waals surface area contributed by atoms with Gasteiger partial charge in [0.05, 0.1) is 6.61 Å². The van der Waals surface area contributed by atoms with Gasteiger partial charge in [-0.3, -0.25) is 29.8 Å². The summed E-state index contributed by atoms with van der Waals surface area (Å²) < 4.78 is 4.64. The minimum Gasteiger partial charge on any atom is -0.480 e. The highest BCUT2D eigenvalue weighted by Gasteiger charge is 2.41. The van der Waals surface area contributed by atoms with E-state index >= 15 is 0 Å². The lowest BCUT2D eigenvalue weighted by Crippen LogP contribution is -2.58. The quantitative estimate of drug-likeness (QED) is 0.202. The number of hydrogen-bond donors (Lipinski definition) is 4. The molecule has 2 atom stereocenters. The zero-order chi connectivity index (χ0) is 18.9. The fraction of sp³-hybridized carbons (Fsp3) is 0.667. The Labute approximate surface area is 143 Å². The van der Waals surface area contributed by atoms with Crippen molar-refractivity contribution in [3.05, 3.63) is 4.91 Å². The number of hydrogen-bond acceptors (Lipinski definition) is 10. The van der Waals surface area contributed by atoms with Gasteiger partial charge in [-0.1, -0.05) is 0 Å². The van der Waals surface area contributed by atoms with Crippen LogP contribution in [0.15, 0.2) is 5.18 Å². The first-order valence-electron chi connectivity index (χ1n) is 6.86. The number of amides is 2. The molecule has 0 aliphatic rings. The lowest BCUT2D eigenvalue weighted by Gasteiger charge is -2.26. The number of nitrogens with zero attached hydrogens (tertiary/aromatic N) is 2. The average Bonchev–Trinajstić information content (AvgIpc) is 2.55. The second kappa shape index (κ2) is 9.95. The predicted molar refractivity (Wildman–Crippen MR) is 84.8 cm³/mol. The molecular formula is C12H20N4O7S. The first kappa shape index (κ1) is 21.9. The Morgan fingerprint density at radius 2 is 1.96 bits per heavy atom. The molecule has 2 amide bonds. The maximum atomic E-state index is 12.3. The van der Waals surface area contributed by atoms with Crippen LogP contribution in [0.5, 0.6) is 0 Å². The Bertz CT molecular complexity index is 516. The molecule has 0 rings (SSSR count). The second-order valence-corrected chi connectivity index (χ2v) is 5.06. The van der Waals surface area contributed by atoms with Crippen LogP contribution in [-0.4, -0.2) is 64.4 Å². The number of nitrogens with two attached hydrogens (primary N) is 2. The van der Waals surface area contributed by atoms with Crippen molar-refractivity contribution < 1.29 is 29.0 Å². The molecular weight excluding hydrogens is 344 g/mol. The number of nitroso groups, excluding NO2 is 1. The molecule has 0 heterocycles. The SMILES string of the molecule is CCOC(=O)CN(C(=O)CC[C@H](N)C(=O)O)C(=O)[C@@](N)(CS)N=O. The van der Waals surface area contributed by atoms with Crippen LogP contribution in [0.2, 0.25) is 0 Å². The van der Waals surface area contributed by atoms with E-state index < -0.39 is 54.2 Å². The van der Waals surface area contributed by atoms with Gasteiger partial charge < -0.3 is 15.6 Å². The number of carbonyl (C=O) groups is 4. The highest BCUT2D eigenvalue weighted by atomic mass is 32.1. The third-order valence-electron chi connectivity index (χ3n) is 2.90. The highest BCUT2D eigenvalue weighted by molar-refractivity contribution is 7.80. The van der Waals surface area contributed by atoms with Crippen molar-refractivity contribution in [1.82, 2.24) is 4.90 Å². The number of imide groups is 1. The summed E-state index contributed by atoms with van der Waals surface area (Å²) in [5.74, 6) is -4.92. The number of rotatable bonds is 10. The van der Waals surface area contributed by atoms with Crippen molar-refractivity contribution in [2.75, 3.05) is 18.9 Å². The first-order valence-corrected chi connectivity index (χ1v) is 7.49. The summed E-state index contributed by atoms with van der Waals surface area (Å²) >= 11 is 3.74. The topological polar surface area (TPSA) is 182 Å². The highest BCUT2D eigenvalue weighted by Crippen LogP contribution is 2.13. The zero-order valence-corrected chi connectivity index (χ0v) is 13.9. The lowest BCUT2D eigenvalue weighted by atomic mass is 10.1. The van der Waals surface area contributed by atoms with Gasteiger partial charge in [0.2, 0.25) is 11.6 Å². The van der Waals surface area contributed by atoms with E-state index in [4.69, 9.17) is 16.6 Å². The van der Waals surface area contributed by atoms with Gasteiger partial charge in [0, 0.05) is 12.2 Å². The molecule has 0 fully saturated rings. The Morgan fingerprint density at radius 3 is 2.38 bits per heavy atom. The van der Waals surface area contributed by atoms with E-state index in [0.717, 1.165) is 0 Å². The molecule has 0 saturated carbocycles. The van der Waals surface area contributed by atoms with E-state index in [1.54, 1.807) is 0 Å². The van der Waals surface area contributed by atoms with Gasteiger partial charge in [-0.25, -0.2) is 0 Å². The molecule has 5 N–H and O–H groups in total. The van der Waals surface area contributed by atoms with Crippen LogP contribution < -0.4 is 11.5 Å². The van der Waals surface area contributed by atoms with Gasteiger partial charge in [0.1, 0.15) is 12.6 Å². The van der Waals surface area contributed by atoms with Crippen LogP contribution in [0.3, 0.4) is 0 Å². The number of carboxylic acids is 1. The summed E-state index contributed by atoms with van der Waals surface area (Å²) in [5.41, 5.74) is 8.39. The molecule has 0 radical (unpaired) electrons. The second-order valence-electron chi connectivity index (χ2n) is 4.75. The molecule has 0 bridgehead atoms. The van der Waals surface area contributed by atoms with Crippen molar-refractivity contribution in [2.45, 2.75) is 31.5 Å².